The van der Waals surface area contributed by atoms with Crippen LogP contribution in [-0.4, -0.2) is 28.1 Å². The predicted octanol–water partition coefficient (Wildman–Crippen LogP) is 2.78. The third-order valence-corrected chi connectivity index (χ3v) is 4.02. The fourth-order valence-corrected chi connectivity index (χ4v) is 2.76. The van der Waals surface area contributed by atoms with E-state index in [0.717, 1.165) is 17.5 Å². The van der Waals surface area contributed by atoms with E-state index in [2.05, 4.69) is 27.2 Å². The van der Waals surface area contributed by atoms with Crippen molar-refractivity contribution in [3.63, 3.8) is 0 Å². The minimum Gasteiger partial charge on any atom is -0.367 e. The molecule has 0 radical (unpaired) electrons. The van der Waals surface area contributed by atoms with Crippen LogP contribution in [0.15, 0.2) is 23.5 Å². The van der Waals surface area contributed by atoms with Crippen LogP contribution in [0.4, 0.5) is 5.82 Å². The number of carbonyl (C=O) groups excluding carboxylic acids is 1. The van der Waals surface area contributed by atoms with E-state index >= 15 is 0 Å². The van der Waals surface area contributed by atoms with Gasteiger partial charge in [0, 0.05) is 35.6 Å². The van der Waals surface area contributed by atoms with Gasteiger partial charge in [-0.15, -0.1) is 0 Å². The first-order chi connectivity index (χ1) is 12.8. The zero-order valence-corrected chi connectivity index (χ0v) is 16.1. The normalized spacial score (nSPS) is 10.6. The van der Waals surface area contributed by atoms with Crippen LogP contribution in [0.1, 0.15) is 52.3 Å². The Morgan fingerprint density at radius 3 is 2.63 bits per heavy atom. The summed E-state index contributed by atoms with van der Waals surface area (Å²) in [6.45, 7) is 11.3. The molecule has 4 N–H and O–H groups in total. The van der Waals surface area contributed by atoms with Crippen LogP contribution in [0.5, 0.6) is 0 Å². The lowest BCUT2D eigenvalue weighted by Crippen LogP contribution is -2.29. The number of H-pyrrole nitrogens is 1. The first-order valence-corrected chi connectivity index (χ1v) is 8.68. The van der Waals surface area contributed by atoms with Gasteiger partial charge in [0.1, 0.15) is 5.82 Å². The van der Waals surface area contributed by atoms with Crippen molar-refractivity contribution in [3.05, 3.63) is 62.7 Å². The monoisotopic (exact) mass is 367 g/mol. The third kappa shape index (κ3) is 4.69. The molecule has 0 aliphatic heterocycles. The average molecular weight is 367 g/mol. The second kappa shape index (κ2) is 8.44. The largest absolute Gasteiger partial charge is 0.367 e. The standard InChI is InChI=1S/C20H25N5O2/c1-6-14-8-15(16(9-21)18(25-14)23-11(2)3)19(26)22-10-17-12(4)7-13(5)24-20(17)27/h6-9,11,21H,1,10H2,2-5H3,(H,22,26)(H,23,25)(H,24,27). The van der Waals surface area contributed by atoms with Crippen molar-refractivity contribution < 1.29 is 4.79 Å². The number of nitrogens with zero attached hydrogens (tertiary/aromatic N) is 1. The van der Waals surface area contributed by atoms with Crippen molar-refractivity contribution in [2.75, 3.05) is 5.32 Å². The molecule has 1 amide bonds. The van der Waals surface area contributed by atoms with E-state index < -0.39 is 0 Å². The molecule has 0 spiro atoms. The van der Waals surface area contributed by atoms with Crippen molar-refractivity contribution >= 4 is 24.0 Å². The summed E-state index contributed by atoms with van der Waals surface area (Å²) in [6, 6.07) is 3.53. The Hall–Kier alpha value is -3.22. The van der Waals surface area contributed by atoms with Gasteiger partial charge in [0.15, 0.2) is 0 Å². The van der Waals surface area contributed by atoms with E-state index in [1.165, 1.54) is 0 Å². The number of nitrogens with one attached hydrogen (secondary N) is 4. The molecule has 142 valence electrons. The highest BCUT2D eigenvalue weighted by Gasteiger charge is 2.17. The molecule has 2 aromatic heterocycles. The maximum atomic E-state index is 12.8. The molecule has 0 fully saturated rings. The molecule has 0 bridgehead atoms. The van der Waals surface area contributed by atoms with Gasteiger partial charge in [-0.2, -0.15) is 0 Å². The van der Waals surface area contributed by atoms with Crippen molar-refractivity contribution in [1.29, 1.82) is 5.41 Å². The maximum Gasteiger partial charge on any atom is 0.253 e. The van der Waals surface area contributed by atoms with Crippen molar-refractivity contribution in [2.24, 2.45) is 0 Å². The van der Waals surface area contributed by atoms with E-state index in [1.807, 2.05) is 33.8 Å². The van der Waals surface area contributed by atoms with E-state index in [-0.39, 0.29) is 24.1 Å². The second-order valence-electron chi connectivity index (χ2n) is 6.63. The average Bonchev–Trinajstić information content (AvgIpc) is 2.59. The molecule has 0 aromatic carbocycles. The summed E-state index contributed by atoms with van der Waals surface area (Å²) in [5.41, 5.74) is 3.09. The fourth-order valence-electron chi connectivity index (χ4n) is 2.76. The van der Waals surface area contributed by atoms with Crippen molar-refractivity contribution in [2.45, 2.75) is 40.3 Å². The van der Waals surface area contributed by atoms with Crippen LogP contribution in [0.25, 0.3) is 6.08 Å². The summed E-state index contributed by atoms with van der Waals surface area (Å²) >= 11 is 0. The van der Waals surface area contributed by atoms with Gasteiger partial charge in [-0.05, 0) is 51.5 Å². The first kappa shape index (κ1) is 20.1. The molecule has 7 heteroatoms. The number of rotatable bonds is 7. The third-order valence-electron chi connectivity index (χ3n) is 4.02. The number of pyridine rings is 2. The zero-order valence-electron chi connectivity index (χ0n) is 16.1. The predicted molar refractivity (Wildman–Crippen MR) is 109 cm³/mol. The van der Waals surface area contributed by atoms with Gasteiger partial charge in [0.2, 0.25) is 0 Å². The summed E-state index contributed by atoms with van der Waals surface area (Å²) < 4.78 is 0. The first-order valence-electron chi connectivity index (χ1n) is 8.68. The maximum absolute atomic E-state index is 12.8. The number of aromatic amines is 1. The zero-order chi connectivity index (χ0) is 20.1. The summed E-state index contributed by atoms with van der Waals surface area (Å²) in [5.74, 6) is 0.0668. The lowest BCUT2D eigenvalue weighted by atomic mass is 10.1. The van der Waals surface area contributed by atoms with Gasteiger partial charge in [-0.3, -0.25) is 9.59 Å². The number of anilines is 1. The van der Waals surface area contributed by atoms with Gasteiger partial charge in [-0.25, -0.2) is 4.98 Å². The van der Waals surface area contributed by atoms with Crippen LogP contribution in [0.2, 0.25) is 0 Å². The minimum absolute atomic E-state index is 0.0842. The van der Waals surface area contributed by atoms with Gasteiger partial charge in [0.25, 0.3) is 11.5 Å². The van der Waals surface area contributed by atoms with Gasteiger partial charge >= 0.3 is 0 Å². The summed E-state index contributed by atoms with van der Waals surface area (Å²) in [6.07, 6.45) is 2.65. The molecule has 0 aliphatic carbocycles. The molecular weight excluding hydrogens is 342 g/mol. The molecule has 0 saturated heterocycles. The highest BCUT2D eigenvalue weighted by atomic mass is 16.1. The Labute approximate surface area is 158 Å². The van der Waals surface area contributed by atoms with E-state index in [1.54, 1.807) is 12.1 Å². The molecule has 0 saturated carbocycles. The molecule has 0 atom stereocenters. The fraction of sp³-hybridized carbons (Fsp3) is 0.300. The molecule has 2 heterocycles. The van der Waals surface area contributed by atoms with E-state index in [4.69, 9.17) is 5.41 Å². The molecule has 2 rings (SSSR count). The Bertz CT molecular complexity index is 944. The Morgan fingerprint density at radius 2 is 2.07 bits per heavy atom. The highest BCUT2D eigenvalue weighted by molar-refractivity contribution is 6.04. The lowest BCUT2D eigenvalue weighted by Gasteiger charge is -2.16. The van der Waals surface area contributed by atoms with Gasteiger partial charge in [-0.1, -0.05) is 6.58 Å². The number of amides is 1. The number of hydrogen-bond donors (Lipinski definition) is 4. The molecular formula is C20H25N5O2. The Kier molecular flexibility index (Phi) is 6.28. The topological polar surface area (TPSA) is 111 Å². The Balaban J connectivity index is 2.37. The number of aryl methyl sites for hydroxylation is 2. The Morgan fingerprint density at radius 1 is 1.37 bits per heavy atom. The SMILES string of the molecule is C=Cc1cc(C(=O)NCc2c(C)cc(C)[nH]c2=O)c(C=N)c(NC(C)C)n1. The number of carbonyl (C=O) groups is 1. The minimum atomic E-state index is -0.384. The number of hydrogen-bond acceptors (Lipinski definition) is 5. The quantitative estimate of drug-likeness (QED) is 0.564. The highest BCUT2D eigenvalue weighted by Crippen LogP contribution is 2.19. The molecule has 2 aromatic rings. The summed E-state index contributed by atoms with van der Waals surface area (Å²) in [5, 5.41) is 13.6. The smallest absolute Gasteiger partial charge is 0.253 e. The van der Waals surface area contributed by atoms with Gasteiger partial charge < -0.3 is 21.0 Å². The molecule has 0 aliphatic rings. The lowest BCUT2D eigenvalue weighted by molar-refractivity contribution is 0.0950. The van der Waals surface area contributed by atoms with E-state index in [0.29, 0.717) is 28.2 Å². The summed E-state index contributed by atoms with van der Waals surface area (Å²) in [4.78, 5) is 32.0. The molecule has 7 nitrogen and oxygen atoms in total. The van der Waals surface area contributed by atoms with E-state index in [9.17, 15) is 9.59 Å². The van der Waals surface area contributed by atoms with Crippen LogP contribution in [-0.2, 0) is 6.54 Å². The second-order valence-corrected chi connectivity index (χ2v) is 6.63. The number of aromatic nitrogens is 2. The summed E-state index contributed by atoms with van der Waals surface area (Å²) in [7, 11) is 0. The van der Waals surface area contributed by atoms with Gasteiger partial charge in [0.05, 0.1) is 11.3 Å². The molecule has 0 unspecified atom stereocenters. The van der Waals surface area contributed by atoms with Crippen LogP contribution >= 0.6 is 0 Å². The van der Waals surface area contributed by atoms with Crippen molar-refractivity contribution in [3.8, 4) is 0 Å². The molecule has 27 heavy (non-hydrogen) atoms. The van der Waals surface area contributed by atoms with Crippen LogP contribution in [0.3, 0.4) is 0 Å². The van der Waals surface area contributed by atoms with Crippen LogP contribution in [0, 0.1) is 19.3 Å². The van der Waals surface area contributed by atoms with Crippen LogP contribution < -0.4 is 16.2 Å². The van der Waals surface area contributed by atoms with Crippen molar-refractivity contribution in [1.82, 2.24) is 15.3 Å².